The van der Waals surface area contributed by atoms with E-state index in [4.69, 9.17) is 0 Å². The summed E-state index contributed by atoms with van der Waals surface area (Å²) in [5.74, 6) is 0. The largest absolute Gasteiger partial charge is 0.313 e. The van der Waals surface area contributed by atoms with Crippen LogP contribution in [0.25, 0.3) is 0 Å². The average Bonchev–Trinajstić information content (AvgIpc) is 2.77. The van der Waals surface area contributed by atoms with Gasteiger partial charge < -0.3 is 5.32 Å². The topological polar surface area (TPSA) is 29.9 Å². The van der Waals surface area contributed by atoms with Crippen LogP contribution in [0.2, 0.25) is 0 Å². The quantitative estimate of drug-likeness (QED) is 0.499. The Labute approximate surface area is 105 Å². The van der Waals surface area contributed by atoms with Gasteiger partial charge in [-0.05, 0) is 32.2 Å². The lowest BCUT2D eigenvalue weighted by molar-refractivity contribution is 0.545. The standard InChI is InChI=1S/C14H25N3/c1-3-5-6-7-8-10-17-13-14(12-16-17)11-15-9-4-2/h3,12-13,15H,1,4-11H2,2H3. The van der Waals surface area contributed by atoms with Gasteiger partial charge in [-0.2, -0.15) is 5.10 Å². The van der Waals surface area contributed by atoms with E-state index >= 15 is 0 Å². The third kappa shape index (κ3) is 6.27. The summed E-state index contributed by atoms with van der Waals surface area (Å²) in [7, 11) is 0. The zero-order valence-corrected chi connectivity index (χ0v) is 11.0. The molecule has 0 radical (unpaired) electrons. The Bertz CT molecular complexity index is 304. The van der Waals surface area contributed by atoms with Crippen molar-refractivity contribution in [3.8, 4) is 0 Å². The predicted octanol–water partition coefficient (Wildman–Crippen LogP) is 3.13. The van der Waals surface area contributed by atoms with E-state index in [1.807, 2.05) is 12.3 Å². The monoisotopic (exact) mass is 235 g/mol. The molecule has 3 heteroatoms. The van der Waals surface area contributed by atoms with Crippen molar-refractivity contribution >= 4 is 0 Å². The van der Waals surface area contributed by atoms with Gasteiger partial charge in [-0.1, -0.05) is 19.4 Å². The number of unbranched alkanes of at least 4 members (excludes halogenated alkanes) is 3. The van der Waals surface area contributed by atoms with Crippen LogP contribution in [0.15, 0.2) is 25.0 Å². The number of nitrogens with zero attached hydrogens (tertiary/aromatic N) is 2. The molecule has 0 saturated heterocycles. The summed E-state index contributed by atoms with van der Waals surface area (Å²) < 4.78 is 2.05. The molecule has 0 atom stereocenters. The van der Waals surface area contributed by atoms with Crippen LogP contribution in [0.5, 0.6) is 0 Å². The molecule has 0 bridgehead atoms. The van der Waals surface area contributed by atoms with Crippen molar-refractivity contribution in [2.75, 3.05) is 6.54 Å². The molecule has 0 aliphatic rings. The van der Waals surface area contributed by atoms with E-state index in [0.717, 1.165) is 26.1 Å². The van der Waals surface area contributed by atoms with Gasteiger partial charge in [0.05, 0.1) is 6.20 Å². The highest BCUT2D eigenvalue weighted by Gasteiger charge is 1.97. The number of aryl methyl sites for hydroxylation is 1. The zero-order valence-electron chi connectivity index (χ0n) is 11.0. The van der Waals surface area contributed by atoms with E-state index in [-0.39, 0.29) is 0 Å². The van der Waals surface area contributed by atoms with E-state index in [9.17, 15) is 0 Å². The molecule has 0 aliphatic heterocycles. The van der Waals surface area contributed by atoms with Crippen molar-refractivity contribution in [1.29, 1.82) is 0 Å². The Balaban J connectivity index is 2.14. The molecule has 96 valence electrons. The van der Waals surface area contributed by atoms with Crippen molar-refractivity contribution in [3.63, 3.8) is 0 Å². The van der Waals surface area contributed by atoms with Gasteiger partial charge in [-0.15, -0.1) is 6.58 Å². The molecule has 3 nitrogen and oxygen atoms in total. The normalized spacial score (nSPS) is 10.6. The van der Waals surface area contributed by atoms with Crippen LogP contribution in [0.4, 0.5) is 0 Å². The minimum Gasteiger partial charge on any atom is -0.313 e. The van der Waals surface area contributed by atoms with Gasteiger partial charge in [0.25, 0.3) is 0 Å². The van der Waals surface area contributed by atoms with Crippen molar-refractivity contribution in [2.24, 2.45) is 0 Å². The SMILES string of the molecule is C=CCCCCCn1cc(CNCCC)cn1. The molecule has 1 heterocycles. The first-order chi connectivity index (χ1) is 8.36. The van der Waals surface area contributed by atoms with Gasteiger partial charge in [0.1, 0.15) is 0 Å². The van der Waals surface area contributed by atoms with Gasteiger partial charge in [-0.3, -0.25) is 4.68 Å². The zero-order chi connectivity index (χ0) is 12.3. The molecule has 1 N–H and O–H groups in total. The van der Waals surface area contributed by atoms with Gasteiger partial charge in [-0.25, -0.2) is 0 Å². The molecular weight excluding hydrogens is 210 g/mol. The Morgan fingerprint density at radius 1 is 1.41 bits per heavy atom. The summed E-state index contributed by atoms with van der Waals surface area (Å²) in [6.45, 7) is 8.95. The summed E-state index contributed by atoms with van der Waals surface area (Å²) in [5.41, 5.74) is 1.28. The van der Waals surface area contributed by atoms with E-state index < -0.39 is 0 Å². The highest BCUT2D eigenvalue weighted by Crippen LogP contribution is 2.03. The van der Waals surface area contributed by atoms with Crippen molar-refractivity contribution in [3.05, 3.63) is 30.6 Å². The minimum absolute atomic E-state index is 0.935. The van der Waals surface area contributed by atoms with Crippen molar-refractivity contribution in [2.45, 2.75) is 52.1 Å². The number of rotatable bonds is 10. The van der Waals surface area contributed by atoms with E-state index in [0.29, 0.717) is 0 Å². The first-order valence-electron chi connectivity index (χ1n) is 6.69. The predicted molar refractivity (Wildman–Crippen MR) is 72.9 cm³/mol. The van der Waals surface area contributed by atoms with Gasteiger partial charge in [0, 0.05) is 24.8 Å². The Morgan fingerprint density at radius 3 is 3.06 bits per heavy atom. The second-order valence-corrected chi connectivity index (χ2v) is 4.43. The molecule has 0 spiro atoms. The maximum atomic E-state index is 4.37. The van der Waals surface area contributed by atoms with Crippen LogP contribution in [-0.2, 0) is 13.1 Å². The van der Waals surface area contributed by atoms with Crippen LogP contribution >= 0.6 is 0 Å². The molecule has 0 unspecified atom stereocenters. The van der Waals surface area contributed by atoms with Crippen molar-refractivity contribution in [1.82, 2.24) is 15.1 Å². The second kappa shape index (κ2) is 8.99. The smallest absolute Gasteiger partial charge is 0.0534 e. The van der Waals surface area contributed by atoms with Crippen molar-refractivity contribution < 1.29 is 0 Å². The molecule has 1 rings (SSSR count). The lowest BCUT2D eigenvalue weighted by Gasteiger charge is -2.01. The van der Waals surface area contributed by atoms with Crippen LogP contribution in [0.1, 0.15) is 44.6 Å². The summed E-state index contributed by atoms with van der Waals surface area (Å²) in [4.78, 5) is 0. The van der Waals surface area contributed by atoms with Crippen LogP contribution in [-0.4, -0.2) is 16.3 Å². The second-order valence-electron chi connectivity index (χ2n) is 4.43. The number of hydrogen-bond acceptors (Lipinski definition) is 2. The van der Waals surface area contributed by atoms with Crippen LogP contribution < -0.4 is 5.32 Å². The van der Waals surface area contributed by atoms with E-state index in [1.54, 1.807) is 0 Å². The third-order valence-electron chi connectivity index (χ3n) is 2.74. The summed E-state index contributed by atoms with van der Waals surface area (Å²) in [6.07, 6.45) is 12.1. The molecule has 0 saturated carbocycles. The lowest BCUT2D eigenvalue weighted by atomic mass is 10.2. The highest BCUT2D eigenvalue weighted by molar-refractivity contribution is 5.03. The highest BCUT2D eigenvalue weighted by atomic mass is 15.3. The molecule has 0 aromatic carbocycles. The van der Waals surface area contributed by atoms with E-state index in [2.05, 4.69) is 34.8 Å². The number of hydrogen-bond donors (Lipinski definition) is 1. The maximum absolute atomic E-state index is 4.37. The molecule has 1 aromatic rings. The summed E-state index contributed by atoms with van der Waals surface area (Å²) in [5, 5.41) is 7.75. The molecule has 0 aliphatic carbocycles. The summed E-state index contributed by atoms with van der Waals surface area (Å²) >= 11 is 0. The molecule has 0 amide bonds. The molecule has 0 fully saturated rings. The minimum atomic E-state index is 0.935. The van der Waals surface area contributed by atoms with Crippen LogP contribution in [0.3, 0.4) is 0 Å². The fourth-order valence-corrected chi connectivity index (χ4v) is 1.77. The Hall–Kier alpha value is -1.09. The lowest BCUT2D eigenvalue weighted by Crippen LogP contribution is -2.13. The van der Waals surface area contributed by atoms with Crippen LogP contribution in [0, 0.1) is 0 Å². The number of nitrogens with one attached hydrogen (secondary N) is 1. The van der Waals surface area contributed by atoms with Gasteiger partial charge in [0.2, 0.25) is 0 Å². The number of aromatic nitrogens is 2. The summed E-state index contributed by atoms with van der Waals surface area (Å²) in [6, 6.07) is 0. The fraction of sp³-hybridized carbons (Fsp3) is 0.643. The average molecular weight is 235 g/mol. The van der Waals surface area contributed by atoms with Gasteiger partial charge in [0.15, 0.2) is 0 Å². The number of allylic oxidation sites excluding steroid dienone is 1. The Morgan fingerprint density at radius 2 is 2.29 bits per heavy atom. The molecule has 17 heavy (non-hydrogen) atoms. The molecule has 1 aromatic heterocycles. The Kier molecular flexibility index (Phi) is 7.39. The van der Waals surface area contributed by atoms with E-state index in [1.165, 1.54) is 31.2 Å². The fourth-order valence-electron chi connectivity index (χ4n) is 1.77. The first kappa shape index (κ1) is 14.0. The first-order valence-corrected chi connectivity index (χ1v) is 6.69. The third-order valence-corrected chi connectivity index (χ3v) is 2.74. The molecular formula is C14H25N3. The maximum Gasteiger partial charge on any atom is 0.0534 e. The van der Waals surface area contributed by atoms with Gasteiger partial charge >= 0.3 is 0 Å².